The molecule has 0 aliphatic rings. The highest BCUT2D eigenvalue weighted by atomic mass is 79.9. The van der Waals surface area contributed by atoms with Crippen LogP contribution in [0.2, 0.25) is 0 Å². The molecule has 1 N–H and O–H groups in total. The zero-order valence-electron chi connectivity index (χ0n) is 10.6. The summed E-state index contributed by atoms with van der Waals surface area (Å²) in [6.07, 6.45) is 1.22. The molecule has 1 aromatic carbocycles. The largest absolute Gasteiger partial charge is 0.307 e. The molecule has 1 aromatic rings. The number of hydrogen-bond donors (Lipinski definition) is 1. The van der Waals surface area contributed by atoms with Crippen molar-refractivity contribution < 1.29 is 0 Å². The minimum atomic E-state index is 0.404. The average molecular weight is 284 g/mol. The molecule has 0 saturated carbocycles. The van der Waals surface area contributed by atoms with Gasteiger partial charge in [0, 0.05) is 16.6 Å². The van der Waals surface area contributed by atoms with E-state index in [1.807, 2.05) is 0 Å². The van der Waals surface area contributed by atoms with Crippen molar-refractivity contribution in [3.8, 4) is 0 Å². The van der Waals surface area contributed by atoms with Gasteiger partial charge < -0.3 is 5.32 Å². The SMILES string of the molecule is CCC(C)C(C)NC(C)c1cccc(Br)c1. The Hall–Kier alpha value is -0.340. The van der Waals surface area contributed by atoms with E-state index in [1.54, 1.807) is 0 Å². The van der Waals surface area contributed by atoms with E-state index in [4.69, 9.17) is 0 Å². The zero-order chi connectivity index (χ0) is 12.1. The monoisotopic (exact) mass is 283 g/mol. The van der Waals surface area contributed by atoms with E-state index in [-0.39, 0.29) is 0 Å². The number of nitrogens with one attached hydrogen (secondary N) is 1. The summed E-state index contributed by atoms with van der Waals surface area (Å²) in [5.74, 6) is 0.717. The number of hydrogen-bond acceptors (Lipinski definition) is 1. The van der Waals surface area contributed by atoms with Gasteiger partial charge in [-0.2, -0.15) is 0 Å². The molecule has 1 nitrogen and oxygen atoms in total. The van der Waals surface area contributed by atoms with Crippen LogP contribution in [0.4, 0.5) is 0 Å². The summed E-state index contributed by atoms with van der Waals surface area (Å²) in [4.78, 5) is 0. The van der Waals surface area contributed by atoms with Crippen LogP contribution in [0.1, 0.15) is 45.7 Å². The summed E-state index contributed by atoms with van der Waals surface area (Å²) >= 11 is 3.51. The van der Waals surface area contributed by atoms with Crippen LogP contribution in [0, 0.1) is 5.92 Å². The van der Waals surface area contributed by atoms with E-state index in [0.717, 1.165) is 10.4 Å². The van der Waals surface area contributed by atoms with Crippen LogP contribution in [0.3, 0.4) is 0 Å². The van der Waals surface area contributed by atoms with Crippen LogP contribution in [-0.2, 0) is 0 Å². The number of benzene rings is 1. The molecule has 0 spiro atoms. The molecule has 90 valence electrons. The molecule has 0 radical (unpaired) electrons. The molecule has 0 amide bonds. The predicted octanol–water partition coefficient (Wildman–Crippen LogP) is 4.53. The fraction of sp³-hybridized carbons (Fsp3) is 0.571. The molecule has 2 heteroatoms. The van der Waals surface area contributed by atoms with Crippen LogP contribution < -0.4 is 5.32 Å². The fourth-order valence-corrected chi connectivity index (χ4v) is 2.20. The summed E-state index contributed by atoms with van der Waals surface area (Å²) in [5, 5.41) is 3.65. The smallest absolute Gasteiger partial charge is 0.0294 e. The molecule has 3 atom stereocenters. The van der Waals surface area contributed by atoms with Crippen molar-refractivity contribution >= 4 is 15.9 Å². The number of halogens is 1. The molecule has 0 aliphatic carbocycles. The standard InChI is InChI=1S/C14H22BrN/c1-5-10(2)11(3)16-12(4)13-7-6-8-14(15)9-13/h6-12,16H,5H2,1-4H3. The van der Waals surface area contributed by atoms with Crippen molar-refractivity contribution in [2.75, 3.05) is 0 Å². The first-order valence-corrected chi connectivity index (χ1v) is 6.85. The van der Waals surface area contributed by atoms with Gasteiger partial charge in [0.05, 0.1) is 0 Å². The maximum atomic E-state index is 3.65. The van der Waals surface area contributed by atoms with E-state index >= 15 is 0 Å². The Kier molecular flexibility index (Phi) is 5.50. The van der Waals surface area contributed by atoms with Crippen LogP contribution in [-0.4, -0.2) is 6.04 Å². The van der Waals surface area contributed by atoms with Crippen molar-refractivity contribution in [1.29, 1.82) is 0 Å². The molecule has 16 heavy (non-hydrogen) atoms. The van der Waals surface area contributed by atoms with Gasteiger partial charge in [-0.1, -0.05) is 48.3 Å². The summed E-state index contributed by atoms with van der Waals surface area (Å²) < 4.78 is 1.15. The highest BCUT2D eigenvalue weighted by molar-refractivity contribution is 9.10. The highest BCUT2D eigenvalue weighted by Gasteiger charge is 2.13. The second-order valence-corrected chi connectivity index (χ2v) is 5.53. The van der Waals surface area contributed by atoms with Gasteiger partial charge >= 0.3 is 0 Å². The van der Waals surface area contributed by atoms with Gasteiger partial charge in [0.1, 0.15) is 0 Å². The van der Waals surface area contributed by atoms with Crippen molar-refractivity contribution in [2.24, 2.45) is 5.92 Å². The average Bonchev–Trinajstić information content (AvgIpc) is 2.27. The van der Waals surface area contributed by atoms with Crippen LogP contribution in [0.25, 0.3) is 0 Å². The summed E-state index contributed by atoms with van der Waals surface area (Å²) in [7, 11) is 0. The van der Waals surface area contributed by atoms with Gasteiger partial charge in [-0.25, -0.2) is 0 Å². The van der Waals surface area contributed by atoms with E-state index < -0.39 is 0 Å². The quantitative estimate of drug-likeness (QED) is 0.837. The van der Waals surface area contributed by atoms with E-state index in [0.29, 0.717) is 12.1 Å². The minimum Gasteiger partial charge on any atom is -0.307 e. The molecule has 1 rings (SSSR count). The normalized spacial score (nSPS) is 16.8. The third kappa shape index (κ3) is 3.91. The van der Waals surface area contributed by atoms with Gasteiger partial charge in [-0.15, -0.1) is 0 Å². The lowest BCUT2D eigenvalue weighted by Gasteiger charge is -2.24. The van der Waals surface area contributed by atoms with E-state index in [9.17, 15) is 0 Å². The lowest BCUT2D eigenvalue weighted by Crippen LogP contribution is -2.33. The second kappa shape index (κ2) is 6.41. The Morgan fingerprint density at radius 2 is 1.94 bits per heavy atom. The molecule has 0 bridgehead atoms. The van der Waals surface area contributed by atoms with Crippen LogP contribution in [0.5, 0.6) is 0 Å². The maximum absolute atomic E-state index is 3.65. The van der Waals surface area contributed by atoms with Crippen molar-refractivity contribution in [3.05, 3.63) is 34.3 Å². The molecule has 0 aromatic heterocycles. The minimum absolute atomic E-state index is 0.404. The molecular weight excluding hydrogens is 262 g/mol. The molecular formula is C14H22BrN. The highest BCUT2D eigenvalue weighted by Crippen LogP contribution is 2.19. The van der Waals surface area contributed by atoms with Gasteiger partial charge in [0.2, 0.25) is 0 Å². The lowest BCUT2D eigenvalue weighted by molar-refractivity contribution is 0.360. The molecule has 0 aliphatic heterocycles. The zero-order valence-corrected chi connectivity index (χ0v) is 12.2. The third-order valence-corrected chi connectivity index (χ3v) is 3.85. The van der Waals surface area contributed by atoms with Gasteiger partial charge in [-0.05, 0) is 37.5 Å². The van der Waals surface area contributed by atoms with Crippen LogP contribution in [0.15, 0.2) is 28.7 Å². The fourth-order valence-electron chi connectivity index (χ4n) is 1.78. The number of rotatable bonds is 5. The first-order valence-electron chi connectivity index (χ1n) is 6.06. The Bertz CT molecular complexity index is 324. The second-order valence-electron chi connectivity index (χ2n) is 4.62. The Labute approximate surface area is 108 Å². The van der Waals surface area contributed by atoms with Crippen molar-refractivity contribution in [3.63, 3.8) is 0 Å². The molecule has 3 unspecified atom stereocenters. The van der Waals surface area contributed by atoms with E-state index in [2.05, 4.69) is 73.2 Å². The third-order valence-electron chi connectivity index (χ3n) is 3.36. The molecule has 0 saturated heterocycles. The Balaban J connectivity index is 2.61. The molecule has 0 fully saturated rings. The van der Waals surface area contributed by atoms with Crippen LogP contribution >= 0.6 is 15.9 Å². The summed E-state index contributed by atoms with van der Waals surface area (Å²) in [6, 6.07) is 9.47. The molecule has 0 heterocycles. The van der Waals surface area contributed by atoms with Gasteiger partial charge in [0.25, 0.3) is 0 Å². The topological polar surface area (TPSA) is 12.0 Å². The Morgan fingerprint density at radius 3 is 2.50 bits per heavy atom. The van der Waals surface area contributed by atoms with E-state index in [1.165, 1.54) is 12.0 Å². The van der Waals surface area contributed by atoms with Gasteiger partial charge in [0.15, 0.2) is 0 Å². The maximum Gasteiger partial charge on any atom is 0.0294 e. The lowest BCUT2D eigenvalue weighted by atomic mass is 9.99. The Morgan fingerprint density at radius 1 is 1.25 bits per heavy atom. The summed E-state index contributed by atoms with van der Waals surface area (Å²) in [5.41, 5.74) is 1.34. The predicted molar refractivity (Wildman–Crippen MR) is 74.6 cm³/mol. The summed E-state index contributed by atoms with van der Waals surface area (Å²) in [6.45, 7) is 9.03. The van der Waals surface area contributed by atoms with Crippen molar-refractivity contribution in [2.45, 2.75) is 46.2 Å². The first-order chi connectivity index (χ1) is 7.54. The van der Waals surface area contributed by atoms with Gasteiger partial charge in [-0.3, -0.25) is 0 Å². The van der Waals surface area contributed by atoms with Crippen molar-refractivity contribution in [1.82, 2.24) is 5.32 Å². The first kappa shape index (κ1) is 13.7.